The number of carbonyl (C=O) groups excluding carboxylic acids is 1. The smallest absolute Gasteiger partial charge is 0.305 e. The normalized spacial score (nSPS) is 24.6. The Morgan fingerprint density at radius 3 is 2.43 bits per heavy atom. The first kappa shape index (κ1) is 20.5. The Balaban J connectivity index is 2.19. The minimum absolute atomic E-state index is 0.0774. The molecule has 0 aromatic rings. The quantitative estimate of drug-likeness (QED) is 0.395. The summed E-state index contributed by atoms with van der Waals surface area (Å²) in [5, 5.41) is 0. The highest BCUT2D eigenvalue weighted by Crippen LogP contribution is 2.36. The van der Waals surface area contributed by atoms with Gasteiger partial charge in [-0.1, -0.05) is 71.1 Å². The predicted octanol–water partition coefficient (Wildman–Crippen LogP) is 5.21. The summed E-state index contributed by atoms with van der Waals surface area (Å²) < 4.78 is 4.68. The standard InChI is InChI=1S/C20H39NO2/c1-3-4-5-8-12-17-13-11-15-19(21)18(17)14-9-6-7-10-16-20(22)23-2/h17-19H,3-16,21H2,1-2H3/t17-,18+,19-/m0/s1. The van der Waals surface area contributed by atoms with Gasteiger partial charge in [-0.15, -0.1) is 0 Å². The lowest BCUT2D eigenvalue weighted by Gasteiger charge is -2.37. The molecule has 1 aliphatic carbocycles. The average molecular weight is 326 g/mol. The molecule has 2 N–H and O–H groups in total. The van der Waals surface area contributed by atoms with E-state index in [9.17, 15) is 4.79 Å². The summed E-state index contributed by atoms with van der Waals surface area (Å²) in [6.45, 7) is 2.28. The SMILES string of the molecule is CCCCCC[C@H]1CCC[C@H](N)[C@@H]1CCCCCCC(=O)OC. The van der Waals surface area contributed by atoms with Gasteiger partial charge in [-0.2, -0.15) is 0 Å². The highest BCUT2D eigenvalue weighted by molar-refractivity contribution is 5.68. The van der Waals surface area contributed by atoms with Crippen LogP contribution in [0.5, 0.6) is 0 Å². The average Bonchev–Trinajstić information content (AvgIpc) is 2.56. The van der Waals surface area contributed by atoms with Gasteiger partial charge >= 0.3 is 5.97 Å². The molecule has 1 rings (SSSR count). The third kappa shape index (κ3) is 8.74. The molecule has 136 valence electrons. The predicted molar refractivity (Wildman–Crippen MR) is 97.3 cm³/mol. The van der Waals surface area contributed by atoms with Crippen LogP contribution in [0, 0.1) is 11.8 Å². The topological polar surface area (TPSA) is 52.3 Å². The molecule has 1 aliphatic rings. The second-order valence-electron chi connectivity index (χ2n) is 7.40. The van der Waals surface area contributed by atoms with Crippen molar-refractivity contribution in [3.05, 3.63) is 0 Å². The number of hydrogen-bond acceptors (Lipinski definition) is 3. The van der Waals surface area contributed by atoms with Gasteiger partial charge in [0, 0.05) is 12.5 Å². The summed E-state index contributed by atoms with van der Waals surface area (Å²) >= 11 is 0. The number of ether oxygens (including phenoxy) is 1. The first-order valence-electron chi connectivity index (χ1n) is 10.0. The van der Waals surface area contributed by atoms with Gasteiger partial charge in [0.25, 0.3) is 0 Å². The van der Waals surface area contributed by atoms with Gasteiger partial charge in [0.05, 0.1) is 7.11 Å². The van der Waals surface area contributed by atoms with Crippen LogP contribution < -0.4 is 5.73 Å². The zero-order valence-electron chi connectivity index (χ0n) is 15.5. The Morgan fingerprint density at radius 1 is 1.00 bits per heavy atom. The van der Waals surface area contributed by atoms with Crippen LogP contribution in [0.3, 0.4) is 0 Å². The number of hydrogen-bond donors (Lipinski definition) is 1. The van der Waals surface area contributed by atoms with E-state index < -0.39 is 0 Å². The molecule has 0 unspecified atom stereocenters. The molecule has 0 aromatic carbocycles. The highest BCUT2D eigenvalue weighted by atomic mass is 16.5. The van der Waals surface area contributed by atoms with Crippen LogP contribution in [0.4, 0.5) is 0 Å². The molecular formula is C20H39NO2. The first-order valence-corrected chi connectivity index (χ1v) is 10.0. The summed E-state index contributed by atoms with van der Waals surface area (Å²) in [5.41, 5.74) is 6.44. The van der Waals surface area contributed by atoms with Gasteiger partial charge in [-0.25, -0.2) is 0 Å². The van der Waals surface area contributed by atoms with Gasteiger partial charge in [-0.05, 0) is 31.1 Å². The second-order valence-corrected chi connectivity index (χ2v) is 7.40. The monoisotopic (exact) mass is 325 g/mol. The lowest BCUT2D eigenvalue weighted by molar-refractivity contribution is -0.140. The molecule has 3 heteroatoms. The van der Waals surface area contributed by atoms with Crippen molar-refractivity contribution < 1.29 is 9.53 Å². The van der Waals surface area contributed by atoms with Crippen LogP contribution in [-0.2, 0) is 9.53 Å². The fourth-order valence-electron chi connectivity index (χ4n) is 4.14. The summed E-state index contributed by atoms with van der Waals surface area (Å²) in [7, 11) is 1.47. The van der Waals surface area contributed by atoms with Crippen LogP contribution in [-0.4, -0.2) is 19.1 Å². The molecule has 0 aromatic heterocycles. The van der Waals surface area contributed by atoms with Gasteiger partial charge in [0.15, 0.2) is 0 Å². The van der Waals surface area contributed by atoms with Crippen molar-refractivity contribution >= 4 is 5.97 Å². The molecular weight excluding hydrogens is 286 g/mol. The zero-order chi connectivity index (χ0) is 16.9. The Bertz CT molecular complexity index is 306. The fraction of sp³-hybridized carbons (Fsp3) is 0.950. The van der Waals surface area contributed by atoms with E-state index in [-0.39, 0.29) is 5.97 Å². The molecule has 0 heterocycles. The van der Waals surface area contributed by atoms with Crippen molar-refractivity contribution in [3.63, 3.8) is 0 Å². The number of rotatable bonds is 12. The van der Waals surface area contributed by atoms with Crippen molar-refractivity contribution in [1.29, 1.82) is 0 Å². The maximum absolute atomic E-state index is 11.1. The van der Waals surface area contributed by atoms with Crippen molar-refractivity contribution in [3.8, 4) is 0 Å². The number of nitrogens with two attached hydrogens (primary N) is 1. The number of unbranched alkanes of at least 4 members (excludes halogenated alkanes) is 6. The number of esters is 1. The summed E-state index contributed by atoms with van der Waals surface area (Å²) in [4.78, 5) is 11.1. The molecule has 0 radical (unpaired) electrons. The summed E-state index contributed by atoms with van der Waals surface area (Å²) in [6.07, 6.45) is 17.3. The maximum Gasteiger partial charge on any atom is 0.305 e. The molecule has 3 nitrogen and oxygen atoms in total. The van der Waals surface area contributed by atoms with Crippen LogP contribution in [0.1, 0.15) is 96.8 Å². The second kappa shape index (κ2) is 12.8. The third-order valence-electron chi connectivity index (χ3n) is 5.59. The van der Waals surface area contributed by atoms with Crippen molar-refractivity contribution in [2.45, 2.75) is 103 Å². The minimum atomic E-state index is -0.0774. The van der Waals surface area contributed by atoms with E-state index in [1.54, 1.807) is 0 Å². The fourth-order valence-corrected chi connectivity index (χ4v) is 4.14. The molecule has 0 bridgehead atoms. The molecule has 23 heavy (non-hydrogen) atoms. The number of carbonyl (C=O) groups is 1. The summed E-state index contributed by atoms with van der Waals surface area (Å²) in [5.74, 6) is 1.53. The molecule has 1 fully saturated rings. The van der Waals surface area contributed by atoms with Crippen LogP contribution >= 0.6 is 0 Å². The Morgan fingerprint density at radius 2 is 1.70 bits per heavy atom. The number of methoxy groups -OCH3 is 1. The Labute approximate surface area is 143 Å². The lowest BCUT2D eigenvalue weighted by Crippen LogP contribution is -2.38. The van der Waals surface area contributed by atoms with E-state index in [0.717, 1.165) is 24.7 Å². The van der Waals surface area contributed by atoms with Gasteiger partial charge < -0.3 is 10.5 Å². The van der Waals surface area contributed by atoms with E-state index in [0.29, 0.717) is 12.5 Å². The van der Waals surface area contributed by atoms with Crippen molar-refractivity contribution in [2.75, 3.05) is 7.11 Å². The van der Waals surface area contributed by atoms with E-state index in [1.807, 2.05) is 0 Å². The van der Waals surface area contributed by atoms with Crippen LogP contribution in [0.25, 0.3) is 0 Å². The van der Waals surface area contributed by atoms with Crippen LogP contribution in [0.15, 0.2) is 0 Å². The van der Waals surface area contributed by atoms with Gasteiger partial charge in [0.1, 0.15) is 0 Å². The van der Waals surface area contributed by atoms with Crippen molar-refractivity contribution in [2.24, 2.45) is 17.6 Å². The van der Waals surface area contributed by atoms with E-state index in [4.69, 9.17) is 5.73 Å². The maximum atomic E-state index is 11.1. The largest absolute Gasteiger partial charge is 0.469 e. The highest BCUT2D eigenvalue weighted by Gasteiger charge is 2.29. The zero-order valence-corrected chi connectivity index (χ0v) is 15.5. The molecule has 0 aliphatic heterocycles. The van der Waals surface area contributed by atoms with Gasteiger partial charge in [-0.3, -0.25) is 4.79 Å². The van der Waals surface area contributed by atoms with E-state index >= 15 is 0 Å². The van der Waals surface area contributed by atoms with E-state index in [2.05, 4.69) is 11.7 Å². The molecule has 3 atom stereocenters. The minimum Gasteiger partial charge on any atom is -0.469 e. The Kier molecular flexibility index (Phi) is 11.4. The molecule has 0 spiro atoms. The first-order chi connectivity index (χ1) is 11.2. The third-order valence-corrected chi connectivity index (χ3v) is 5.59. The van der Waals surface area contributed by atoms with Crippen LogP contribution in [0.2, 0.25) is 0 Å². The van der Waals surface area contributed by atoms with E-state index in [1.165, 1.54) is 77.7 Å². The molecule has 1 saturated carbocycles. The van der Waals surface area contributed by atoms with Gasteiger partial charge in [0.2, 0.25) is 0 Å². The molecule has 0 saturated heterocycles. The lowest BCUT2D eigenvalue weighted by atomic mass is 9.72. The molecule has 0 amide bonds. The summed E-state index contributed by atoms with van der Waals surface area (Å²) in [6, 6.07) is 0.426. The Hall–Kier alpha value is -0.570. The van der Waals surface area contributed by atoms with Crippen molar-refractivity contribution in [1.82, 2.24) is 0 Å².